The van der Waals surface area contributed by atoms with Crippen LogP contribution in [0.25, 0.3) is 0 Å². The number of hydrazone groups is 1. The van der Waals surface area contributed by atoms with Gasteiger partial charge in [-0.05, 0) is 50.8 Å². The van der Waals surface area contributed by atoms with Crippen molar-refractivity contribution in [1.29, 1.82) is 0 Å². The molecule has 0 aliphatic carbocycles. The quantitative estimate of drug-likeness (QED) is 0.389. The highest BCUT2D eigenvalue weighted by Crippen LogP contribution is 2.31. The first-order valence-corrected chi connectivity index (χ1v) is 10.5. The minimum Gasteiger partial charge on any atom is -0.484 e. The maximum Gasteiger partial charge on any atom is 0.277 e. The lowest BCUT2D eigenvalue weighted by atomic mass is 9.98. The lowest BCUT2D eigenvalue weighted by molar-refractivity contribution is -0.384. The van der Waals surface area contributed by atoms with Gasteiger partial charge >= 0.3 is 0 Å². The molecule has 1 N–H and O–H groups in total. The van der Waals surface area contributed by atoms with Crippen LogP contribution in [0.3, 0.4) is 0 Å². The largest absolute Gasteiger partial charge is 0.484 e. The molecule has 0 radical (unpaired) electrons. The molecule has 1 heterocycles. The number of rotatable bonds is 8. The van der Waals surface area contributed by atoms with Gasteiger partial charge in [-0.15, -0.1) is 0 Å². The second kappa shape index (κ2) is 10.6. The van der Waals surface area contributed by atoms with E-state index in [0.717, 1.165) is 37.1 Å². The van der Waals surface area contributed by atoms with Gasteiger partial charge < -0.3 is 9.64 Å². The molecule has 1 aliphatic rings. The Morgan fingerprint density at radius 3 is 2.77 bits per heavy atom. The number of nitrogens with one attached hydrogen (secondary N) is 1. The number of non-ortho nitro benzene ring substituents is 1. The molecular weight excluding hydrogens is 396 g/mol. The number of anilines is 1. The van der Waals surface area contributed by atoms with Gasteiger partial charge in [-0.3, -0.25) is 14.9 Å². The highest BCUT2D eigenvalue weighted by atomic mass is 16.6. The Kier molecular flexibility index (Phi) is 7.59. The highest BCUT2D eigenvalue weighted by Gasteiger charge is 2.24. The van der Waals surface area contributed by atoms with E-state index in [-0.39, 0.29) is 12.3 Å². The smallest absolute Gasteiger partial charge is 0.277 e. The first-order valence-electron chi connectivity index (χ1n) is 10.5. The summed E-state index contributed by atoms with van der Waals surface area (Å²) < 4.78 is 5.44. The van der Waals surface area contributed by atoms with E-state index in [4.69, 9.17) is 4.74 Å². The summed E-state index contributed by atoms with van der Waals surface area (Å²) in [6, 6.07) is 12.6. The molecule has 0 bridgehead atoms. The van der Waals surface area contributed by atoms with Gasteiger partial charge in [-0.1, -0.05) is 24.6 Å². The number of hydrogen-bond donors (Lipinski definition) is 1. The molecule has 1 atom stereocenters. The fourth-order valence-corrected chi connectivity index (χ4v) is 3.75. The van der Waals surface area contributed by atoms with E-state index in [9.17, 15) is 14.9 Å². The number of piperidine rings is 1. The number of ether oxygens (including phenoxy) is 1. The average molecular weight is 425 g/mol. The van der Waals surface area contributed by atoms with Crippen molar-refractivity contribution in [3.8, 4) is 5.75 Å². The number of carbonyl (C=O) groups excluding carboxylic acids is 1. The fourth-order valence-electron chi connectivity index (χ4n) is 3.75. The van der Waals surface area contributed by atoms with Crippen molar-refractivity contribution >= 4 is 23.5 Å². The van der Waals surface area contributed by atoms with E-state index in [1.807, 2.05) is 19.1 Å². The van der Waals surface area contributed by atoms with Crippen molar-refractivity contribution in [2.45, 2.75) is 45.6 Å². The SMILES string of the molecule is CCC1CCCCN1c1ccc([N+](=O)[O-])cc1C=NNC(=O)COc1ccc(C)cc1. The zero-order valence-corrected chi connectivity index (χ0v) is 17.9. The van der Waals surface area contributed by atoms with Crippen LogP contribution in [0.1, 0.15) is 43.7 Å². The summed E-state index contributed by atoms with van der Waals surface area (Å²) in [5.41, 5.74) is 5.03. The normalized spacial score (nSPS) is 16.3. The fraction of sp³-hybridized carbons (Fsp3) is 0.391. The molecule has 1 saturated heterocycles. The molecule has 8 heteroatoms. The van der Waals surface area contributed by atoms with E-state index in [2.05, 4.69) is 22.4 Å². The van der Waals surface area contributed by atoms with Gasteiger partial charge in [0.25, 0.3) is 11.6 Å². The summed E-state index contributed by atoms with van der Waals surface area (Å²) in [6.45, 7) is 4.84. The van der Waals surface area contributed by atoms with Crippen molar-refractivity contribution < 1.29 is 14.5 Å². The molecule has 1 aliphatic heterocycles. The van der Waals surface area contributed by atoms with Crippen LogP contribution in [-0.2, 0) is 4.79 Å². The monoisotopic (exact) mass is 424 g/mol. The molecule has 1 unspecified atom stereocenters. The summed E-state index contributed by atoms with van der Waals surface area (Å²) in [5.74, 6) is 0.189. The molecule has 31 heavy (non-hydrogen) atoms. The molecule has 0 aromatic heterocycles. The molecule has 164 valence electrons. The van der Waals surface area contributed by atoms with E-state index in [1.165, 1.54) is 24.8 Å². The summed E-state index contributed by atoms with van der Waals surface area (Å²) >= 11 is 0. The number of benzene rings is 2. The second-order valence-corrected chi connectivity index (χ2v) is 7.65. The molecular formula is C23H28N4O4. The number of hydrogen-bond acceptors (Lipinski definition) is 6. The zero-order chi connectivity index (χ0) is 22.2. The van der Waals surface area contributed by atoms with Crippen molar-refractivity contribution in [1.82, 2.24) is 5.43 Å². The van der Waals surface area contributed by atoms with Gasteiger partial charge in [0, 0.05) is 36.0 Å². The zero-order valence-electron chi connectivity index (χ0n) is 17.9. The number of nitro groups is 1. The maximum atomic E-state index is 12.1. The Balaban J connectivity index is 1.70. The van der Waals surface area contributed by atoms with E-state index < -0.39 is 10.8 Å². The van der Waals surface area contributed by atoms with Crippen LogP contribution in [0, 0.1) is 17.0 Å². The molecule has 1 amide bonds. The van der Waals surface area contributed by atoms with Crippen LogP contribution in [0.5, 0.6) is 5.75 Å². The first kappa shape index (κ1) is 22.3. The molecule has 1 fully saturated rings. The Hall–Kier alpha value is -3.42. The van der Waals surface area contributed by atoms with Crippen molar-refractivity contribution in [2.24, 2.45) is 5.10 Å². The molecule has 2 aromatic carbocycles. The van der Waals surface area contributed by atoms with Crippen LogP contribution in [-0.4, -0.2) is 36.2 Å². The number of amides is 1. The Morgan fingerprint density at radius 2 is 2.06 bits per heavy atom. The second-order valence-electron chi connectivity index (χ2n) is 7.65. The van der Waals surface area contributed by atoms with Gasteiger partial charge in [-0.2, -0.15) is 5.10 Å². The van der Waals surface area contributed by atoms with Crippen molar-refractivity contribution in [2.75, 3.05) is 18.1 Å². The van der Waals surface area contributed by atoms with Gasteiger partial charge in [0.05, 0.1) is 11.1 Å². The van der Waals surface area contributed by atoms with Crippen LogP contribution >= 0.6 is 0 Å². The molecule has 8 nitrogen and oxygen atoms in total. The lowest BCUT2D eigenvalue weighted by Gasteiger charge is -2.38. The standard InChI is InChI=1S/C23H28N4O4/c1-3-19-6-4-5-13-26(19)22-12-9-20(27(29)30)14-18(22)15-24-25-23(28)16-31-21-10-7-17(2)8-11-21/h7-12,14-15,19H,3-6,13,16H2,1-2H3,(H,25,28). The molecule has 0 spiro atoms. The average Bonchev–Trinajstić information content (AvgIpc) is 2.78. The lowest BCUT2D eigenvalue weighted by Crippen LogP contribution is -2.39. The van der Waals surface area contributed by atoms with E-state index in [1.54, 1.807) is 18.2 Å². The maximum absolute atomic E-state index is 12.1. The van der Waals surface area contributed by atoms with Crippen LogP contribution in [0.2, 0.25) is 0 Å². The number of nitro benzene ring substituents is 1. The number of aryl methyl sites for hydroxylation is 1. The number of nitrogens with zero attached hydrogens (tertiary/aromatic N) is 3. The summed E-state index contributed by atoms with van der Waals surface area (Å²) in [4.78, 5) is 25.2. The highest BCUT2D eigenvalue weighted by molar-refractivity contribution is 5.90. The van der Waals surface area contributed by atoms with E-state index >= 15 is 0 Å². The third kappa shape index (κ3) is 6.04. The van der Waals surface area contributed by atoms with Gasteiger partial charge in [-0.25, -0.2) is 5.43 Å². The predicted molar refractivity (Wildman–Crippen MR) is 121 cm³/mol. The third-order valence-electron chi connectivity index (χ3n) is 5.41. The summed E-state index contributed by atoms with van der Waals surface area (Å²) in [7, 11) is 0. The Morgan fingerprint density at radius 1 is 1.29 bits per heavy atom. The molecule has 2 aromatic rings. The topological polar surface area (TPSA) is 97.1 Å². The minimum absolute atomic E-state index is 0.00992. The van der Waals surface area contributed by atoms with Gasteiger partial charge in [0.15, 0.2) is 6.61 Å². The van der Waals surface area contributed by atoms with E-state index in [0.29, 0.717) is 17.4 Å². The minimum atomic E-state index is -0.428. The summed E-state index contributed by atoms with van der Waals surface area (Å²) in [6.07, 6.45) is 5.82. The van der Waals surface area contributed by atoms with Crippen LogP contribution in [0.15, 0.2) is 47.6 Å². The Labute approximate surface area is 182 Å². The van der Waals surface area contributed by atoms with Crippen LogP contribution in [0.4, 0.5) is 11.4 Å². The third-order valence-corrected chi connectivity index (χ3v) is 5.41. The number of carbonyl (C=O) groups is 1. The van der Waals surface area contributed by atoms with Gasteiger partial charge in [0.1, 0.15) is 5.75 Å². The molecule has 3 rings (SSSR count). The van der Waals surface area contributed by atoms with Gasteiger partial charge in [0.2, 0.25) is 0 Å². The van der Waals surface area contributed by atoms with Crippen LogP contribution < -0.4 is 15.1 Å². The predicted octanol–water partition coefficient (Wildman–Crippen LogP) is 4.20. The van der Waals surface area contributed by atoms with Crippen molar-refractivity contribution in [3.05, 3.63) is 63.7 Å². The Bertz CT molecular complexity index is 943. The molecule has 0 saturated carbocycles. The summed E-state index contributed by atoms with van der Waals surface area (Å²) in [5, 5.41) is 15.3. The first-order chi connectivity index (χ1) is 15.0. The van der Waals surface area contributed by atoms with Crippen molar-refractivity contribution in [3.63, 3.8) is 0 Å².